The van der Waals surface area contributed by atoms with Crippen molar-refractivity contribution in [3.8, 4) is 0 Å². The van der Waals surface area contributed by atoms with Crippen LogP contribution in [-0.4, -0.2) is 76.4 Å². The van der Waals surface area contributed by atoms with Crippen LogP contribution >= 0.6 is 0 Å². The zero-order valence-electron chi connectivity index (χ0n) is 5.18. The van der Waals surface area contributed by atoms with Crippen molar-refractivity contribution in [2.75, 3.05) is 0 Å². The Morgan fingerprint density at radius 1 is 1.18 bits per heavy atom. The quantitative estimate of drug-likeness (QED) is 0.388. The van der Waals surface area contributed by atoms with Gasteiger partial charge in [0.15, 0.2) is 0 Å². The van der Waals surface area contributed by atoms with Gasteiger partial charge in [0.2, 0.25) is 0 Å². The number of carboxylic acids is 1. The number of aliphatic hydroxyl groups excluding tert-OH is 1. The molecule has 0 bridgehead atoms. The van der Waals surface area contributed by atoms with E-state index in [0.717, 1.165) is 0 Å². The van der Waals surface area contributed by atoms with Crippen molar-refractivity contribution in [3.63, 3.8) is 0 Å². The zero-order chi connectivity index (χ0) is 8.73. The van der Waals surface area contributed by atoms with Crippen LogP contribution in [0.15, 0.2) is 0 Å². The molecule has 4 N–H and O–H groups in total. The molecule has 0 saturated heterocycles. The van der Waals surface area contributed by atoms with E-state index in [-0.39, 0.29) is 37.7 Å². The maximum atomic E-state index is 9.45. The van der Waals surface area contributed by atoms with Gasteiger partial charge in [0, 0.05) is 0 Å². The van der Waals surface area contributed by atoms with Gasteiger partial charge in [-0.3, -0.25) is 0 Å². The first kappa shape index (κ1) is 17.2. The van der Waals surface area contributed by atoms with Crippen LogP contribution in [0.1, 0.15) is 6.92 Å². The molecule has 0 saturated carbocycles. The molecule has 0 radical (unpaired) electrons. The van der Waals surface area contributed by atoms with Crippen molar-refractivity contribution in [1.82, 2.24) is 0 Å². The predicted octanol–water partition coefficient (Wildman–Crippen LogP) is -1.24. The topological polar surface area (TPSA) is 115 Å². The summed E-state index contributed by atoms with van der Waals surface area (Å²) in [6.07, 6.45) is -3.06. The van der Waals surface area contributed by atoms with Gasteiger partial charge in [0.1, 0.15) is 6.10 Å². The van der Waals surface area contributed by atoms with E-state index in [0.29, 0.717) is 0 Å². The van der Waals surface area contributed by atoms with Crippen LogP contribution in [0, 0.1) is 0 Å². The molecule has 0 fully saturated rings. The van der Waals surface area contributed by atoms with E-state index in [2.05, 4.69) is 0 Å². The van der Waals surface area contributed by atoms with Crippen LogP contribution < -0.4 is 0 Å². The Bertz CT molecular complexity index is 118. The van der Waals surface area contributed by atoms with Crippen molar-refractivity contribution in [3.05, 3.63) is 0 Å². The minimum atomic E-state index is -1.83. The molecule has 11 heavy (non-hydrogen) atoms. The van der Waals surface area contributed by atoms with Crippen LogP contribution in [0.4, 0.5) is 4.79 Å². The van der Waals surface area contributed by atoms with Crippen molar-refractivity contribution < 1.29 is 30.0 Å². The molecule has 6 nitrogen and oxygen atoms in total. The summed E-state index contributed by atoms with van der Waals surface area (Å²) in [6, 6.07) is 0. The van der Waals surface area contributed by atoms with Crippen molar-refractivity contribution in [2.24, 2.45) is 0 Å². The van der Waals surface area contributed by atoms with E-state index in [1.807, 2.05) is 0 Å². The molecule has 0 aromatic rings. The van der Waals surface area contributed by atoms with Gasteiger partial charge >= 0.3 is 49.9 Å². The Hall–Kier alpha value is -0.0403. The normalized spacial score (nSPS) is 9.64. The third kappa shape index (κ3) is 40.2. The molecule has 0 aliphatic carbocycles. The van der Waals surface area contributed by atoms with E-state index in [1.165, 1.54) is 6.92 Å². The molecule has 1 unspecified atom stereocenters. The summed E-state index contributed by atoms with van der Waals surface area (Å²) in [5.74, 6) is -1.19. The first-order valence-corrected chi connectivity index (χ1v) is 2.20. The van der Waals surface area contributed by atoms with E-state index in [1.54, 1.807) is 0 Å². The number of carboxylic acid groups (broad SMARTS) is 3. The first-order chi connectivity index (χ1) is 4.37. The van der Waals surface area contributed by atoms with Crippen LogP contribution in [-0.2, 0) is 4.79 Å². The Kier molecular flexibility index (Phi) is 15.5. The molecule has 0 amide bonds. The first-order valence-electron chi connectivity index (χ1n) is 2.20. The molecular formula is C4H10CaO6. The summed E-state index contributed by atoms with van der Waals surface area (Å²) < 4.78 is 0. The summed E-state index contributed by atoms with van der Waals surface area (Å²) in [7, 11) is 0. The Morgan fingerprint density at radius 2 is 1.27 bits per heavy atom. The fourth-order valence-electron chi connectivity index (χ4n) is 0. The van der Waals surface area contributed by atoms with Crippen LogP contribution in [0.5, 0.6) is 0 Å². The molecule has 0 aromatic carbocycles. The molecule has 0 aliphatic heterocycles. The van der Waals surface area contributed by atoms with Crippen LogP contribution in [0.25, 0.3) is 0 Å². The molecule has 0 aliphatic rings. The van der Waals surface area contributed by atoms with Crippen LogP contribution in [0.3, 0.4) is 0 Å². The Balaban J connectivity index is -0.000000114. The van der Waals surface area contributed by atoms with Gasteiger partial charge in [-0.05, 0) is 6.92 Å². The van der Waals surface area contributed by atoms with Gasteiger partial charge in [-0.15, -0.1) is 0 Å². The van der Waals surface area contributed by atoms with E-state index in [9.17, 15) is 4.79 Å². The number of carbonyl (C=O) groups is 2. The predicted molar refractivity (Wildman–Crippen MR) is 38.5 cm³/mol. The zero-order valence-corrected chi connectivity index (χ0v) is 5.18. The standard InChI is InChI=1S/C3H6O3.CH2O3.Ca.2H/c1-2(4)3(5)6;2-1(3)4;;;/h2,4H,1H3,(H,5,6);(H2,2,3,4);;;. The van der Waals surface area contributed by atoms with E-state index in [4.69, 9.17) is 25.2 Å². The third-order valence-electron chi connectivity index (χ3n) is 0.357. The van der Waals surface area contributed by atoms with Crippen molar-refractivity contribution in [2.45, 2.75) is 13.0 Å². The summed E-state index contributed by atoms with van der Waals surface area (Å²) >= 11 is 0. The monoisotopic (exact) mass is 194 g/mol. The van der Waals surface area contributed by atoms with Crippen molar-refractivity contribution >= 4 is 49.9 Å². The van der Waals surface area contributed by atoms with Gasteiger partial charge in [0.05, 0.1) is 0 Å². The number of hydrogen-bond acceptors (Lipinski definition) is 3. The van der Waals surface area contributed by atoms with Gasteiger partial charge < -0.3 is 20.4 Å². The second kappa shape index (κ2) is 9.96. The fraction of sp³-hybridized carbons (Fsp3) is 0.500. The molecule has 0 spiro atoms. The molecular weight excluding hydrogens is 184 g/mol. The van der Waals surface area contributed by atoms with Gasteiger partial charge in [0.25, 0.3) is 0 Å². The SMILES string of the molecule is CC(O)C(=O)O.O=C(O)O.[CaH2]. The summed E-state index contributed by atoms with van der Waals surface area (Å²) in [5.41, 5.74) is 0. The number of aliphatic hydroxyl groups is 1. The van der Waals surface area contributed by atoms with E-state index >= 15 is 0 Å². The van der Waals surface area contributed by atoms with Gasteiger partial charge in [-0.25, -0.2) is 9.59 Å². The molecule has 0 heterocycles. The number of aliphatic carboxylic acids is 1. The molecule has 64 valence electrons. The summed E-state index contributed by atoms with van der Waals surface area (Å²) in [5, 5.41) is 29.7. The van der Waals surface area contributed by atoms with Gasteiger partial charge in [-0.2, -0.15) is 0 Å². The Morgan fingerprint density at radius 3 is 1.27 bits per heavy atom. The second-order valence-corrected chi connectivity index (χ2v) is 1.30. The third-order valence-corrected chi connectivity index (χ3v) is 0.357. The number of hydrogen-bond donors (Lipinski definition) is 4. The Labute approximate surface area is 92.5 Å². The van der Waals surface area contributed by atoms with Gasteiger partial charge in [-0.1, -0.05) is 0 Å². The number of rotatable bonds is 1. The second-order valence-electron chi connectivity index (χ2n) is 1.30. The fourth-order valence-corrected chi connectivity index (χ4v) is 0. The maximum absolute atomic E-state index is 9.45. The molecule has 0 aromatic heterocycles. The van der Waals surface area contributed by atoms with Crippen LogP contribution in [0.2, 0.25) is 0 Å². The average Bonchev–Trinajstić information content (AvgIpc) is 1.63. The summed E-state index contributed by atoms with van der Waals surface area (Å²) in [6.45, 7) is 1.20. The summed E-state index contributed by atoms with van der Waals surface area (Å²) in [4.78, 5) is 18.0. The molecule has 7 heteroatoms. The van der Waals surface area contributed by atoms with E-state index < -0.39 is 18.2 Å². The molecule has 1 atom stereocenters. The average molecular weight is 194 g/mol. The minimum absolute atomic E-state index is 0. The molecule has 0 rings (SSSR count). The van der Waals surface area contributed by atoms with Crippen molar-refractivity contribution in [1.29, 1.82) is 0 Å².